The summed E-state index contributed by atoms with van der Waals surface area (Å²) >= 11 is 1.77. The lowest BCUT2D eigenvalue weighted by molar-refractivity contribution is -0.837. The Bertz CT molecular complexity index is 3040. The first kappa shape index (κ1) is 34.9. The molecule has 0 radical (unpaired) electrons. The summed E-state index contributed by atoms with van der Waals surface area (Å²) in [6, 6.07) is 30.7. The van der Waals surface area contributed by atoms with Gasteiger partial charge in [-0.2, -0.15) is 9.13 Å². The molecule has 8 aromatic rings. The van der Waals surface area contributed by atoms with E-state index in [-0.39, 0.29) is 28.8 Å². The van der Waals surface area contributed by atoms with Crippen molar-refractivity contribution in [2.45, 2.75) is 85.7 Å². The number of allylic oxidation sites excluding steroid dienone is 1. The van der Waals surface area contributed by atoms with Crippen molar-refractivity contribution in [3.63, 3.8) is 0 Å². The SMILES string of the molecule is C=CC1C2C(c3cc(C)ccc3-c3cc(C)c(C)c[n+]32)C12Cc1ccc3c(oc4c3ccc3ccsc34)c1-c1cc(CC(C)(C)C)c(-c3c(C)cccc3C)c[n+]12. The second-order valence-corrected chi connectivity index (χ2v) is 19.7. The molecule has 4 aromatic carbocycles. The number of fused-ring (bicyclic) bond motifs is 17. The van der Waals surface area contributed by atoms with Crippen molar-refractivity contribution >= 4 is 43.4 Å². The van der Waals surface area contributed by atoms with Gasteiger partial charge in [-0.1, -0.05) is 80.9 Å². The van der Waals surface area contributed by atoms with Gasteiger partial charge in [-0.3, -0.25) is 0 Å². The third kappa shape index (κ3) is 4.71. The molecule has 0 saturated heterocycles. The molecular formula is C53H50N2OS+2. The molecule has 11 rings (SSSR count). The maximum Gasteiger partial charge on any atom is 0.217 e. The molecule has 0 N–H and O–H groups in total. The van der Waals surface area contributed by atoms with E-state index in [4.69, 9.17) is 4.42 Å². The van der Waals surface area contributed by atoms with Crippen LogP contribution in [0.25, 0.3) is 65.7 Å². The first-order valence-corrected chi connectivity index (χ1v) is 21.5. The molecule has 57 heavy (non-hydrogen) atoms. The van der Waals surface area contributed by atoms with Gasteiger partial charge in [0.15, 0.2) is 29.6 Å². The maximum atomic E-state index is 7.17. The molecule has 4 unspecified atom stereocenters. The molecule has 3 nitrogen and oxygen atoms in total. The fourth-order valence-electron chi connectivity index (χ4n) is 11.5. The quantitative estimate of drug-likeness (QED) is 0.130. The molecule has 0 bridgehead atoms. The number of nitrogens with zero attached hydrogens (tertiary/aromatic N) is 2. The van der Waals surface area contributed by atoms with Crippen LogP contribution in [-0.2, 0) is 18.4 Å². The van der Waals surface area contributed by atoms with Crippen molar-refractivity contribution in [3.05, 3.63) is 154 Å². The summed E-state index contributed by atoms with van der Waals surface area (Å²) in [7, 11) is 0. The zero-order valence-corrected chi connectivity index (χ0v) is 35.2. The lowest BCUT2D eigenvalue weighted by Crippen LogP contribution is -2.80. The predicted octanol–water partition coefficient (Wildman–Crippen LogP) is 12.9. The number of aromatic nitrogens is 2. The second kappa shape index (κ2) is 11.9. The molecular weight excluding hydrogens is 713 g/mol. The fourth-order valence-corrected chi connectivity index (χ4v) is 12.3. The Morgan fingerprint density at radius 1 is 0.789 bits per heavy atom. The lowest BCUT2D eigenvalue weighted by Gasteiger charge is -2.56. The number of aryl methyl sites for hydroxylation is 5. The minimum absolute atomic E-state index is 0.0803. The number of rotatable bonds is 3. The number of pyridine rings is 2. The molecule has 1 saturated carbocycles. The molecule has 282 valence electrons. The zero-order chi connectivity index (χ0) is 39.3. The van der Waals surface area contributed by atoms with E-state index in [1.165, 1.54) is 99.0 Å². The van der Waals surface area contributed by atoms with Gasteiger partial charge < -0.3 is 4.42 Å². The Labute approximate surface area is 339 Å². The summed E-state index contributed by atoms with van der Waals surface area (Å²) in [5.41, 5.74) is 20.5. The molecule has 4 heteroatoms. The van der Waals surface area contributed by atoms with Gasteiger partial charge in [0.25, 0.3) is 0 Å². The van der Waals surface area contributed by atoms with E-state index in [1.54, 1.807) is 11.3 Å². The molecule has 1 fully saturated rings. The number of hydrogen-bond donors (Lipinski definition) is 0. The average molecular weight is 763 g/mol. The Kier molecular flexibility index (Phi) is 7.26. The van der Waals surface area contributed by atoms with Crippen molar-refractivity contribution in [1.82, 2.24) is 0 Å². The van der Waals surface area contributed by atoms with Crippen molar-refractivity contribution in [2.75, 3.05) is 0 Å². The molecule has 1 spiro atoms. The molecule has 4 atom stereocenters. The van der Waals surface area contributed by atoms with E-state index in [9.17, 15) is 0 Å². The first-order valence-electron chi connectivity index (χ1n) is 20.6. The minimum atomic E-state index is -0.299. The van der Waals surface area contributed by atoms with Crippen molar-refractivity contribution in [1.29, 1.82) is 0 Å². The number of benzene rings is 4. The van der Waals surface area contributed by atoms with Crippen LogP contribution in [0.5, 0.6) is 0 Å². The van der Waals surface area contributed by atoms with E-state index >= 15 is 0 Å². The topological polar surface area (TPSA) is 20.9 Å². The Morgan fingerprint density at radius 3 is 2.33 bits per heavy atom. The zero-order valence-electron chi connectivity index (χ0n) is 34.4. The predicted molar refractivity (Wildman–Crippen MR) is 236 cm³/mol. The standard InChI is InChI=1S/C53H50N2OS/c1-10-42-48-47(40-22-29(2)14-17-37(40)43-23-32(5)33(6)27-54(43)48)53(42)26-35-16-19-38-39-18-15-34-20-21-57-51(34)50(39)56-49(38)46(35)44-24-36(25-52(7,8)9)41(28-55(44)53)45-30(3)12-11-13-31(45)4/h10-24,27-28,42,47-48H,1,25-26H2,2-9H3/q+2. The van der Waals surface area contributed by atoms with Crippen LogP contribution >= 0.6 is 11.3 Å². The third-order valence-electron chi connectivity index (χ3n) is 13.9. The molecule has 1 aliphatic carbocycles. The van der Waals surface area contributed by atoms with Gasteiger partial charge in [-0.25, -0.2) is 0 Å². The molecule has 2 aliphatic heterocycles. The van der Waals surface area contributed by atoms with E-state index in [0.29, 0.717) is 0 Å². The monoisotopic (exact) mass is 762 g/mol. The smallest absolute Gasteiger partial charge is 0.217 e. The van der Waals surface area contributed by atoms with Crippen LogP contribution in [0, 0.1) is 46.0 Å². The van der Waals surface area contributed by atoms with Crippen LogP contribution in [0.4, 0.5) is 0 Å². The van der Waals surface area contributed by atoms with Crippen LogP contribution in [0.1, 0.15) is 77.2 Å². The van der Waals surface area contributed by atoms with Gasteiger partial charge >= 0.3 is 0 Å². The van der Waals surface area contributed by atoms with Gasteiger partial charge in [0.2, 0.25) is 11.4 Å². The summed E-state index contributed by atoms with van der Waals surface area (Å²) in [5, 5.41) is 5.81. The fraction of sp³-hybridized carbons (Fsp3) is 0.283. The highest BCUT2D eigenvalue weighted by molar-refractivity contribution is 7.18. The summed E-state index contributed by atoms with van der Waals surface area (Å²) in [6.45, 7) is 23.1. The summed E-state index contributed by atoms with van der Waals surface area (Å²) in [4.78, 5) is 0. The number of hydrogen-bond acceptors (Lipinski definition) is 2. The van der Waals surface area contributed by atoms with E-state index in [0.717, 1.165) is 24.0 Å². The highest BCUT2D eigenvalue weighted by Crippen LogP contribution is 2.65. The number of furan rings is 1. The number of thiophene rings is 1. The van der Waals surface area contributed by atoms with Crippen LogP contribution < -0.4 is 9.13 Å². The maximum absolute atomic E-state index is 7.17. The minimum Gasteiger partial charge on any atom is -0.454 e. The Hall–Kier alpha value is -5.32. The summed E-state index contributed by atoms with van der Waals surface area (Å²) < 4.78 is 13.8. The van der Waals surface area contributed by atoms with Gasteiger partial charge in [0.1, 0.15) is 17.4 Å². The molecule has 4 aromatic heterocycles. The molecule has 3 aliphatic rings. The highest BCUT2D eigenvalue weighted by Gasteiger charge is 2.76. The van der Waals surface area contributed by atoms with Gasteiger partial charge in [-0.05, 0) is 114 Å². The molecule has 0 amide bonds. The van der Waals surface area contributed by atoms with Crippen LogP contribution in [0.3, 0.4) is 0 Å². The van der Waals surface area contributed by atoms with E-state index in [1.807, 2.05) is 0 Å². The Morgan fingerprint density at radius 2 is 1.56 bits per heavy atom. The van der Waals surface area contributed by atoms with E-state index in [2.05, 4.69) is 174 Å². The third-order valence-corrected chi connectivity index (χ3v) is 14.9. The van der Waals surface area contributed by atoms with Gasteiger partial charge in [0, 0.05) is 40.5 Å². The largest absolute Gasteiger partial charge is 0.454 e. The summed E-state index contributed by atoms with van der Waals surface area (Å²) in [6.07, 6.45) is 9.15. The Balaban J connectivity index is 1.27. The van der Waals surface area contributed by atoms with Crippen LogP contribution in [0.15, 0.2) is 114 Å². The lowest BCUT2D eigenvalue weighted by atomic mass is 9.48. The van der Waals surface area contributed by atoms with Crippen molar-refractivity contribution in [2.24, 2.45) is 11.3 Å². The van der Waals surface area contributed by atoms with E-state index < -0.39 is 0 Å². The highest BCUT2D eigenvalue weighted by atomic mass is 32.1. The van der Waals surface area contributed by atoms with Crippen molar-refractivity contribution in [3.8, 4) is 33.6 Å². The second-order valence-electron chi connectivity index (χ2n) is 18.8. The summed E-state index contributed by atoms with van der Waals surface area (Å²) in [5.74, 6) is 0.401. The van der Waals surface area contributed by atoms with Crippen molar-refractivity contribution < 1.29 is 13.6 Å². The first-order chi connectivity index (χ1) is 27.4. The van der Waals surface area contributed by atoms with Crippen LogP contribution in [-0.4, -0.2) is 0 Å². The average Bonchev–Trinajstić information content (AvgIpc) is 3.79. The van der Waals surface area contributed by atoms with Gasteiger partial charge in [-0.15, -0.1) is 17.9 Å². The van der Waals surface area contributed by atoms with Crippen LogP contribution in [0.2, 0.25) is 0 Å². The van der Waals surface area contributed by atoms with Gasteiger partial charge in [0.05, 0.1) is 15.8 Å². The molecule has 6 heterocycles. The normalized spacial score (nSPS) is 20.6.